The molecule has 3 rings (SSSR count). The summed E-state index contributed by atoms with van der Waals surface area (Å²) in [5.74, 6) is -1.15. The molecule has 0 aliphatic heterocycles. The summed E-state index contributed by atoms with van der Waals surface area (Å²) in [5.41, 5.74) is -1.03. The van der Waals surface area contributed by atoms with Crippen molar-refractivity contribution >= 4 is 5.91 Å². The molecule has 12 heteroatoms. The number of benzene rings is 1. The quantitative estimate of drug-likeness (QED) is 0.527. The SMILES string of the molecule is CCN(C(=O)c1cccc(F)c1-n1nccn1)[C@@H](C)COc1ncc(C(F)(F)F)cn1. The summed E-state index contributed by atoms with van der Waals surface area (Å²) in [4.78, 5) is 22.7. The number of aromatic nitrogens is 5. The molecule has 0 fully saturated rings. The number of carbonyl (C=O) groups excluding carboxylic acids is 1. The van der Waals surface area contributed by atoms with Gasteiger partial charge in [0.25, 0.3) is 5.91 Å². The molecule has 1 amide bonds. The third-order valence-corrected chi connectivity index (χ3v) is 4.38. The topological polar surface area (TPSA) is 86.0 Å². The zero-order chi connectivity index (χ0) is 22.6. The van der Waals surface area contributed by atoms with E-state index in [0.717, 1.165) is 4.80 Å². The van der Waals surface area contributed by atoms with Crippen LogP contribution < -0.4 is 4.74 Å². The number of nitrogens with zero attached hydrogens (tertiary/aromatic N) is 6. The van der Waals surface area contributed by atoms with Crippen molar-refractivity contribution in [3.63, 3.8) is 0 Å². The standard InChI is InChI=1S/C19H18F4N6O2/c1-3-28(12(2)11-31-18-24-9-13(10-25-18)19(21,22)23)17(30)14-5-4-6-15(20)16(14)29-26-7-8-27-29/h4-10,12H,3,11H2,1-2H3/t12-/m0/s1. The molecule has 3 aromatic rings. The van der Waals surface area contributed by atoms with Crippen molar-refractivity contribution < 1.29 is 27.1 Å². The maximum absolute atomic E-state index is 14.4. The van der Waals surface area contributed by atoms with Crippen LogP contribution in [0, 0.1) is 5.82 Å². The van der Waals surface area contributed by atoms with Crippen molar-refractivity contribution in [1.29, 1.82) is 0 Å². The Bertz CT molecular complexity index is 1020. The number of hydrogen-bond donors (Lipinski definition) is 0. The van der Waals surface area contributed by atoms with Gasteiger partial charge in [-0.2, -0.15) is 23.4 Å². The maximum atomic E-state index is 14.4. The molecule has 2 aromatic heterocycles. The first-order valence-corrected chi connectivity index (χ1v) is 9.20. The number of para-hydroxylation sites is 1. The number of likely N-dealkylation sites (N-methyl/N-ethyl adjacent to an activating group) is 1. The minimum Gasteiger partial charge on any atom is -0.461 e. The van der Waals surface area contributed by atoms with E-state index in [4.69, 9.17) is 4.74 Å². The average Bonchev–Trinajstić information content (AvgIpc) is 3.26. The molecule has 31 heavy (non-hydrogen) atoms. The Hall–Kier alpha value is -3.57. The second kappa shape index (κ2) is 9.06. The van der Waals surface area contributed by atoms with E-state index in [-0.39, 0.29) is 30.4 Å². The third-order valence-electron chi connectivity index (χ3n) is 4.38. The van der Waals surface area contributed by atoms with Gasteiger partial charge in [0, 0.05) is 18.9 Å². The molecule has 0 bridgehead atoms. The molecular weight excluding hydrogens is 420 g/mol. The molecule has 0 spiro atoms. The predicted octanol–water partition coefficient (Wildman–Crippen LogP) is 3.14. The largest absolute Gasteiger partial charge is 0.461 e. The lowest BCUT2D eigenvalue weighted by molar-refractivity contribution is -0.138. The van der Waals surface area contributed by atoms with Crippen LogP contribution in [0.3, 0.4) is 0 Å². The summed E-state index contributed by atoms with van der Waals surface area (Å²) in [6, 6.07) is 3.28. The molecule has 0 saturated heterocycles. The van der Waals surface area contributed by atoms with Crippen molar-refractivity contribution in [2.24, 2.45) is 0 Å². The van der Waals surface area contributed by atoms with Crippen LogP contribution in [0.5, 0.6) is 6.01 Å². The van der Waals surface area contributed by atoms with Gasteiger partial charge in [-0.25, -0.2) is 14.4 Å². The third kappa shape index (κ3) is 4.95. The number of ether oxygens (including phenoxy) is 1. The molecule has 0 saturated carbocycles. The van der Waals surface area contributed by atoms with Crippen LogP contribution in [0.15, 0.2) is 43.0 Å². The van der Waals surface area contributed by atoms with E-state index in [2.05, 4.69) is 20.2 Å². The average molecular weight is 438 g/mol. The highest BCUT2D eigenvalue weighted by atomic mass is 19.4. The normalized spacial score (nSPS) is 12.5. The van der Waals surface area contributed by atoms with Crippen LogP contribution in [0.1, 0.15) is 29.8 Å². The Kier molecular flexibility index (Phi) is 6.47. The van der Waals surface area contributed by atoms with Gasteiger partial charge >= 0.3 is 12.2 Å². The summed E-state index contributed by atoms with van der Waals surface area (Å²) in [6.07, 6.45) is -0.599. The minimum atomic E-state index is -4.55. The Morgan fingerprint density at radius 2 is 1.84 bits per heavy atom. The van der Waals surface area contributed by atoms with E-state index < -0.39 is 29.5 Å². The van der Waals surface area contributed by atoms with Crippen LogP contribution in [-0.2, 0) is 6.18 Å². The molecule has 0 unspecified atom stereocenters. The van der Waals surface area contributed by atoms with Crippen LogP contribution in [0.25, 0.3) is 5.69 Å². The fourth-order valence-corrected chi connectivity index (χ4v) is 2.85. The van der Waals surface area contributed by atoms with E-state index in [9.17, 15) is 22.4 Å². The van der Waals surface area contributed by atoms with Crippen molar-refractivity contribution in [2.75, 3.05) is 13.2 Å². The first-order valence-electron chi connectivity index (χ1n) is 9.20. The van der Waals surface area contributed by atoms with E-state index in [0.29, 0.717) is 12.4 Å². The lowest BCUT2D eigenvalue weighted by Gasteiger charge is -2.28. The van der Waals surface area contributed by atoms with Gasteiger partial charge in [-0.1, -0.05) is 6.07 Å². The molecule has 8 nitrogen and oxygen atoms in total. The summed E-state index contributed by atoms with van der Waals surface area (Å²) in [5, 5.41) is 7.79. The van der Waals surface area contributed by atoms with Gasteiger partial charge in [-0.15, -0.1) is 4.80 Å². The van der Waals surface area contributed by atoms with Gasteiger partial charge in [-0.3, -0.25) is 4.79 Å². The first kappa shape index (κ1) is 22.1. The van der Waals surface area contributed by atoms with Gasteiger partial charge in [0.2, 0.25) is 0 Å². The van der Waals surface area contributed by atoms with E-state index >= 15 is 0 Å². The molecule has 0 radical (unpaired) electrons. The monoisotopic (exact) mass is 438 g/mol. The fraction of sp³-hybridized carbons (Fsp3) is 0.316. The molecule has 164 valence electrons. The van der Waals surface area contributed by atoms with Crippen LogP contribution >= 0.6 is 0 Å². The van der Waals surface area contributed by atoms with Crippen LogP contribution in [0.2, 0.25) is 0 Å². The second-order valence-electron chi connectivity index (χ2n) is 6.46. The van der Waals surface area contributed by atoms with Crippen molar-refractivity contribution in [3.8, 4) is 11.7 Å². The predicted molar refractivity (Wildman–Crippen MR) is 100 cm³/mol. The molecule has 0 N–H and O–H groups in total. The van der Waals surface area contributed by atoms with Crippen molar-refractivity contribution in [1.82, 2.24) is 29.9 Å². The highest BCUT2D eigenvalue weighted by Gasteiger charge is 2.31. The zero-order valence-corrected chi connectivity index (χ0v) is 16.5. The summed E-state index contributed by atoms with van der Waals surface area (Å²) in [6.45, 7) is 3.58. The number of alkyl halides is 3. The van der Waals surface area contributed by atoms with Crippen molar-refractivity contribution in [3.05, 3.63) is 59.9 Å². The fourth-order valence-electron chi connectivity index (χ4n) is 2.85. The van der Waals surface area contributed by atoms with E-state index in [1.807, 2.05) is 0 Å². The Labute approximate surface area is 174 Å². The summed E-state index contributed by atoms with van der Waals surface area (Å²) in [7, 11) is 0. The molecule has 1 aromatic carbocycles. The highest BCUT2D eigenvalue weighted by molar-refractivity contribution is 5.98. The minimum absolute atomic E-state index is 0.0516. The van der Waals surface area contributed by atoms with Crippen molar-refractivity contribution in [2.45, 2.75) is 26.1 Å². The smallest absolute Gasteiger partial charge is 0.419 e. The first-order chi connectivity index (χ1) is 14.7. The summed E-state index contributed by atoms with van der Waals surface area (Å²) >= 11 is 0. The Morgan fingerprint density at radius 1 is 1.19 bits per heavy atom. The zero-order valence-electron chi connectivity index (χ0n) is 16.5. The van der Waals surface area contributed by atoms with Crippen LogP contribution in [-0.4, -0.2) is 55.0 Å². The number of amides is 1. The number of carbonyl (C=O) groups is 1. The lowest BCUT2D eigenvalue weighted by atomic mass is 10.1. The molecule has 2 heterocycles. The van der Waals surface area contributed by atoms with E-state index in [1.165, 1.54) is 35.5 Å². The van der Waals surface area contributed by atoms with Crippen LogP contribution in [0.4, 0.5) is 17.6 Å². The van der Waals surface area contributed by atoms with Gasteiger partial charge in [0.15, 0.2) is 5.82 Å². The maximum Gasteiger partial charge on any atom is 0.419 e. The van der Waals surface area contributed by atoms with Gasteiger partial charge < -0.3 is 9.64 Å². The van der Waals surface area contributed by atoms with Gasteiger partial charge in [-0.05, 0) is 26.0 Å². The van der Waals surface area contributed by atoms with Gasteiger partial charge in [0.1, 0.15) is 12.3 Å². The van der Waals surface area contributed by atoms with Gasteiger partial charge in [0.05, 0.1) is 29.6 Å². The number of hydrogen-bond acceptors (Lipinski definition) is 6. The van der Waals surface area contributed by atoms with E-state index in [1.54, 1.807) is 13.8 Å². The Balaban J connectivity index is 1.75. The molecule has 1 atom stereocenters. The highest BCUT2D eigenvalue weighted by Crippen LogP contribution is 2.28. The Morgan fingerprint density at radius 3 is 2.42 bits per heavy atom. The number of rotatable bonds is 7. The molecule has 0 aliphatic carbocycles. The summed E-state index contributed by atoms with van der Waals surface area (Å²) < 4.78 is 57.6. The lowest BCUT2D eigenvalue weighted by Crippen LogP contribution is -2.42. The molecular formula is C19H18F4N6O2. The second-order valence-corrected chi connectivity index (χ2v) is 6.46. The number of halogens is 4. The molecule has 0 aliphatic rings.